The van der Waals surface area contributed by atoms with E-state index in [2.05, 4.69) is 174 Å². The molecule has 0 aliphatic heterocycles. The minimum absolute atomic E-state index is 0.643. The number of nitrogens with zero attached hydrogens (tertiary/aromatic N) is 4. The van der Waals surface area contributed by atoms with Gasteiger partial charge in [0, 0.05) is 73.5 Å². The second-order valence-electron chi connectivity index (χ2n) is 16.0. The first-order valence-electron chi connectivity index (χ1n) is 21.1. The Morgan fingerprint density at radius 3 is 1.41 bits per heavy atom. The molecule has 0 spiro atoms. The highest BCUT2D eigenvalue weighted by atomic mass is 32.1. The van der Waals surface area contributed by atoms with Gasteiger partial charge in [-0.3, -0.25) is 0 Å². The molecule has 0 atom stereocenters. The Kier molecular flexibility index (Phi) is 8.22. The summed E-state index contributed by atoms with van der Waals surface area (Å²) in [7, 11) is 0. The van der Waals surface area contributed by atoms with E-state index in [9.17, 15) is 0 Å². The second-order valence-corrected chi connectivity index (χ2v) is 18.1. The summed E-state index contributed by atoms with van der Waals surface area (Å²) in [6.07, 6.45) is 0. The smallest absolute Gasteiger partial charge is 0.165 e. The lowest BCUT2D eigenvalue weighted by Gasteiger charge is -2.13. The average molecular weight is 839 g/mol. The molecule has 0 aliphatic rings. The zero-order valence-electron chi connectivity index (χ0n) is 33.7. The number of aromatic nitrogens is 4. The molecule has 63 heavy (non-hydrogen) atoms. The third-order valence-electron chi connectivity index (χ3n) is 12.2. The monoisotopic (exact) mass is 838 g/mol. The maximum Gasteiger partial charge on any atom is 0.165 e. The molecule has 13 rings (SSSR count). The molecule has 294 valence electrons. The zero-order valence-corrected chi connectivity index (χ0v) is 35.4. The number of hydrogen-bond acceptors (Lipinski definition) is 5. The molecule has 0 bridgehead atoms. The van der Waals surface area contributed by atoms with Gasteiger partial charge in [0.15, 0.2) is 17.5 Å². The largest absolute Gasteiger partial charge is 0.309 e. The van der Waals surface area contributed by atoms with Crippen molar-refractivity contribution < 1.29 is 0 Å². The van der Waals surface area contributed by atoms with Gasteiger partial charge < -0.3 is 4.57 Å². The van der Waals surface area contributed by atoms with E-state index < -0.39 is 0 Å². The van der Waals surface area contributed by atoms with Crippen LogP contribution in [0.5, 0.6) is 0 Å². The number of rotatable bonds is 6. The highest BCUT2D eigenvalue weighted by Crippen LogP contribution is 2.48. The molecule has 6 heteroatoms. The van der Waals surface area contributed by atoms with E-state index in [4.69, 9.17) is 15.0 Å². The van der Waals surface area contributed by atoms with Crippen LogP contribution < -0.4 is 0 Å². The normalized spacial score (nSPS) is 11.8. The van der Waals surface area contributed by atoms with Crippen LogP contribution in [-0.4, -0.2) is 19.5 Å². The highest BCUT2D eigenvalue weighted by Gasteiger charge is 2.23. The highest BCUT2D eigenvalue weighted by molar-refractivity contribution is 7.30. The molecule has 4 heterocycles. The molecule has 0 amide bonds. The Hall–Kier alpha value is -7.77. The Morgan fingerprint density at radius 2 is 0.825 bits per heavy atom. The summed E-state index contributed by atoms with van der Waals surface area (Å²) in [4.78, 5) is 15.7. The third kappa shape index (κ3) is 5.91. The van der Waals surface area contributed by atoms with Crippen LogP contribution in [0.4, 0.5) is 0 Å². The van der Waals surface area contributed by atoms with Crippen LogP contribution in [0.3, 0.4) is 0 Å². The van der Waals surface area contributed by atoms with Crippen molar-refractivity contribution in [3.05, 3.63) is 206 Å². The Labute approximate surface area is 370 Å². The summed E-state index contributed by atoms with van der Waals surface area (Å²) in [5.74, 6) is 1.93. The molecule has 13 aromatic rings. The van der Waals surface area contributed by atoms with Crippen LogP contribution in [0.15, 0.2) is 206 Å². The molecular formula is C57H34N4S2. The van der Waals surface area contributed by atoms with E-state index in [1.54, 1.807) is 0 Å². The molecule has 4 aromatic heterocycles. The summed E-state index contributed by atoms with van der Waals surface area (Å²) >= 11 is 3.70. The average Bonchev–Trinajstić information content (AvgIpc) is 4.04. The van der Waals surface area contributed by atoms with E-state index in [-0.39, 0.29) is 0 Å². The molecule has 0 radical (unpaired) electrons. The van der Waals surface area contributed by atoms with Crippen molar-refractivity contribution >= 4 is 84.8 Å². The van der Waals surface area contributed by atoms with Crippen molar-refractivity contribution in [2.45, 2.75) is 0 Å². The van der Waals surface area contributed by atoms with Crippen molar-refractivity contribution in [2.24, 2.45) is 0 Å². The number of thiophene rings is 2. The summed E-state index contributed by atoms with van der Waals surface area (Å²) in [6.45, 7) is 0. The lowest BCUT2D eigenvalue weighted by atomic mass is 10.0. The fourth-order valence-corrected chi connectivity index (χ4v) is 11.8. The van der Waals surface area contributed by atoms with E-state index in [1.807, 2.05) is 59.1 Å². The standard InChI is InChI=1S/C57H34N4S2/c1-5-15-35(16-6-1)39-25-28-48-44(31-39)45-32-40(36-17-7-2-8-18-36)26-29-49(45)61(48)41-33-46-52-51(30-27-43-42-23-13-14-24-50(42)62-54(43)52)63-53(46)47(34-41)57-59-55(37-19-9-3-10-20-37)58-56(60-57)38-21-11-4-12-22-38/h1-34H. The van der Waals surface area contributed by atoms with Crippen molar-refractivity contribution in [1.29, 1.82) is 0 Å². The number of benzene rings is 9. The topological polar surface area (TPSA) is 43.6 Å². The van der Waals surface area contributed by atoms with Gasteiger partial charge in [-0.2, -0.15) is 0 Å². The molecule has 0 unspecified atom stereocenters. The predicted octanol–water partition coefficient (Wildman–Crippen LogP) is 16.0. The van der Waals surface area contributed by atoms with Crippen LogP contribution in [0, 0.1) is 0 Å². The molecule has 0 fully saturated rings. The molecule has 4 nitrogen and oxygen atoms in total. The van der Waals surface area contributed by atoms with Crippen molar-refractivity contribution in [3.63, 3.8) is 0 Å². The Morgan fingerprint density at radius 1 is 0.317 bits per heavy atom. The maximum atomic E-state index is 5.33. The fourth-order valence-electron chi connectivity index (χ4n) is 9.28. The molecule has 9 aromatic carbocycles. The molecule has 0 saturated heterocycles. The number of hydrogen-bond donors (Lipinski definition) is 0. The van der Waals surface area contributed by atoms with Crippen LogP contribution >= 0.6 is 22.7 Å². The van der Waals surface area contributed by atoms with Gasteiger partial charge in [0.25, 0.3) is 0 Å². The Balaban J connectivity index is 1.15. The summed E-state index contributed by atoms with van der Waals surface area (Å²) in [5, 5.41) is 7.44. The zero-order chi connectivity index (χ0) is 41.4. The van der Waals surface area contributed by atoms with Gasteiger partial charge in [0.2, 0.25) is 0 Å². The second kappa shape index (κ2) is 14.4. The fraction of sp³-hybridized carbons (Fsp3) is 0. The van der Waals surface area contributed by atoms with Gasteiger partial charge in [-0.05, 0) is 70.8 Å². The predicted molar refractivity (Wildman–Crippen MR) is 267 cm³/mol. The molecule has 0 aliphatic carbocycles. The van der Waals surface area contributed by atoms with Gasteiger partial charge in [-0.1, -0.05) is 158 Å². The molecule has 0 N–H and O–H groups in total. The van der Waals surface area contributed by atoms with E-state index in [0.717, 1.165) is 38.1 Å². The first-order valence-corrected chi connectivity index (χ1v) is 22.7. The lowest BCUT2D eigenvalue weighted by Crippen LogP contribution is -2.01. The van der Waals surface area contributed by atoms with Gasteiger partial charge in [-0.15, -0.1) is 22.7 Å². The van der Waals surface area contributed by atoms with Crippen molar-refractivity contribution in [3.8, 4) is 62.1 Å². The van der Waals surface area contributed by atoms with E-state index in [0.29, 0.717) is 17.5 Å². The first kappa shape index (κ1) is 35.9. The van der Waals surface area contributed by atoms with Crippen LogP contribution in [0.25, 0.3) is 124 Å². The minimum Gasteiger partial charge on any atom is -0.309 e. The van der Waals surface area contributed by atoms with E-state index >= 15 is 0 Å². The SMILES string of the molecule is c1ccc(-c2ccc3c(c2)c2cc(-c4ccccc4)ccc2n3-c2cc(-c3nc(-c4ccccc4)nc(-c4ccccc4)n3)c3sc4ccc5c6ccccc6sc5c4c3c2)cc1. The van der Waals surface area contributed by atoms with Crippen LogP contribution in [0.2, 0.25) is 0 Å². The maximum absolute atomic E-state index is 5.33. The van der Waals surface area contributed by atoms with Gasteiger partial charge in [0.05, 0.1) is 11.0 Å². The molecule has 0 saturated carbocycles. The van der Waals surface area contributed by atoms with Crippen LogP contribution in [-0.2, 0) is 0 Å². The van der Waals surface area contributed by atoms with Gasteiger partial charge in [0.1, 0.15) is 0 Å². The van der Waals surface area contributed by atoms with E-state index in [1.165, 1.54) is 68.7 Å². The van der Waals surface area contributed by atoms with Crippen molar-refractivity contribution in [2.75, 3.05) is 0 Å². The molecular weight excluding hydrogens is 805 g/mol. The number of fused-ring (bicyclic) bond motifs is 10. The summed E-state index contributed by atoms with van der Waals surface area (Å²) < 4.78 is 7.44. The van der Waals surface area contributed by atoms with Crippen LogP contribution in [0.1, 0.15) is 0 Å². The Bertz CT molecular complexity index is 3740. The quantitative estimate of drug-likeness (QED) is 0.168. The lowest BCUT2D eigenvalue weighted by molar-refractivity contribution is 1.07. The minimum atomic E-state index is 0.643. The third-order valence-corrected chi connectivity index (χ3v) is 14.6. The first-order chi connectivity index (χ1) is 31.2. The van der Waals surface area contributed by atoms with Gasteiger partial charge >= 0.3 is 0 Å². The van der Waals surface area contributed by atoms with Crippen molar-refractivity contribution in [1.82, 2.24) is 19.5 Å². The van der Waals surface area contributed by atoms with Gasteiger partial charge in [-0.25, -0.2) is 15.0 Å². The summed E-state index contributed by atoms with van der Waals surface area (Å²) in [5.41, 5.74) is 11.0. The summed E-state index contributed by atoms with van der Waals surface area (Å²) in [6, 6.07) is 73.8.